The maximum atomic E-state index is 12.2. The normalized spacial score (nSPS) is 14.6. The lowest BCUT2D eigenvalue weighted by molar-refractivity contribution is 0.0564. The fourth-order valence-electron chi connectivity index (χ4n) is 2.25. The third-order valence-corrected chi connectivity index (χ3v) is 3.46. The van der Waals surface area contributed by atoms with Crippen molar-refractivity contribution in [1.29, 1.82) is 0 Å². The Labute approximate surface area is 126 Å². The molecule has 2 N–H and O–H groups in total. The maximum absolute atomic E-state index is 12.2. The molecule has 0 atom stereocenters. The van der Waals surface area contributed by atoms with Crippen LogP contribution in [0.25, 0.3) is 11.1 Å². The average Bonchev–Trinajstić information content (AvgIpc) is 2.58. The predicted molar refractivity (Wildman–Crippen MR) is 81.7 cm³/mol. The molecule has 1 fully saturated rings. The first-order valence-corrected chi connectivity index (χ1v) is 7.01. The van der Waals surface area contributed by atoms with Gasteiger partial charge in [-0.3, -0.25) is 9.78 Å². The number of amides is 2. The van der Waals surface area contributed by atoms with Crippen molar-refractivity contribution in [1.82, 2.24) is 14.9 Å². The molecule has 0 radical (unpaired) electrons. The summed E-state index contributed by atoms with van der Waals surface area (Å²) < 4.78 is 5.21. The molecule has 0 saturated carbocycles. The van der Waals surface area contributed by atoms with Gasteiger partial charge in [-0.1, -0.05) is 0 Å². The zero-order valence-corrected chi connectivity index (χ0v) is 11.9. The second-order valence-corrected chi connectivity index (χ2v) is 4.90. The molecular weight excluding hydrogens is 284 g/mol. The van der Waals surface area contributed by atoms with Crippen molar-refractivity contribution in [3.05, 3.63) is 47.1 Å². The molecule has 22 heavy (non-hydrogen) atoms. The molecule has 7 heteroatoms. The number of urea groups is 1. The number of pyridine rings is 2. The quantitative estimate of drug-likeness (QED) is 0.875. The lowest BCUT2D eigenvalue weighted by Gasteiger charge is -2.26. The molecule has 1 saturated heterocycles. The highest BCUT2D eigenvalue weighted by Gasteiger charge is 2.17. The number of aromatic amines is 1. The highest BCUT2D eigenvalue weighted by Crippen LogP contribution is 2.18. The number of carbonyl (C=O) groups excluding carboxylic acids is 1. The number of H-pyrrole nitrogens is 1. The van der Waals surface area contributed by atoms with Crippen LogP contribution in [0, 0.1) is 0 Å². The average molecular weight is 300 g/mol. The second kappa shape index (κ2) is 6.40. The van der Waals surface area contributed by atoms with Gasteiger partial charge in [0, 0.05) is 37.2 Å². The van der Waals surface area contributed by atoms with Gasteiger partial charge in [-0.15, -0.1) is 0 Å². The van der Waals surface area contributed by atoms with Gasteiger partial charge in [-0.25, -0.2) is 4.79 Å². The van der Waals surface area contributed by atoms with Crippen LogP contribution in [0.15, 0.2) is 41.6 Å². The van der Waals surface area contributed by atoms with Crippen molar-refractivity contribution in [2.45, 2.75) is 0 Å². The van der Waals surface area contributed by atoms with Crippen molar-refractivity contribution in [3.63, 3.8) is 0 Å². The van der Waals surface area contributed by atoms with E-state index in [1.807, 2.05) is 12.1 Å². The molecule has 0 aromatic carbocycles. The van der Waals surface area contributed by atoms with E-state index >= 15 is 0 Å². The highest BCUT2D eigenvalue weighted by atomic mass is 16.5. The Kier molecular flexibility index (Phi) is 4.15. The third kappa shape index (κ3) is 3.15. The molecule has 2 aromatic rings. The van der Waals surface area contributed by atoms with E-state index < -0.39 is 0 Å². The molecule has 2 aromatic heterocycles. The molecule has 0 spiro atoms. The standard InChI is InChI=1S/C15H16N4O3/c20-14-13(18-15(21)19-5-7-22-8-6-19)9-12(10-17-14)11-1-3-16-4-2-11/h1-4,9-10H,5-8H2,(H,17,20)(H,18,21). The van der Waals surface area contributed by atoms with Crippen LogP contribution in [0.1, 0.15) is 0 Å². The summed E-state index contributed by atoms with van der Waals surface area (Å²) in [6, 6.07) is 5.04. The first-order valence-electron chi connectivity index (χ1n) is 7.01. The highest BCUT2D eigenvalue weighted by molar-refractivity contribution is 5.90. The summed E-state index contributed by atoms with van der Waals surface area (Å²) in [5.41, 5.74) is 1.61. The van der Waals surface area contributed by atoms with E-state index in [9.17, 15) is 9.59 Å². The number of hydrogen-bond acceptors (Lipinski definition) is 4. The number of nitrogens with zero attached hydrogens (tertiary/aromatic N) is 2. The number of anilines is 1. The van der Waals surface area contributed by atoms with E-state index in [1.165, 1.54) is 0 Å². The first kappa shape index (κ1) is 14.3. The molecule has 7 nitrogen and oxygen atoms in total. The molecule has 114 valence electrons. The predicted octanol–water partition coefficient (Wildman–Crippen LogP) is 1.30. The minimum atomic E-state index is -0.334. The monoisotopic (exact) mass is 300 g/mol. The topological polar surface area (TPSA) is 87.3 Å². The van der Waals surface area contributed by atoms with Crippen LogP contribution in [0.3, 0.4) is 0 Å². The summed E-state index contributed by atoms with van der Waals surface area (Å²) in [6.45, 7) is 2.07. The van der Waals surface area contributed by atoms with Crippen LogP contribution in [-0.2, 0) is 4.74 Å². The number of ether oxygens (including phenoxy) is 1. The van der Waals surface area contributed by atoms with E-state index in [1.54, 1.807) is 29.6 Å². The second-order valence-electron chi connectivity index (χ2n) is 4.90. The van der Waals surface area contributed by atoms with Gasteiger partial charge in [0.1, 0.15) is 5.69 Å². The number of nitrogens with one attached hydrogen (secondary N) is 2. The van der Waals surface area contributed by atoms with Gasteiger partial charge in [0.2, 0.25) is 0 Å². The van der Waals surface area contributed by atoms with Crippen LogP contribution >= 0.6 is 0 Å². The van der Waals surface area contributed by atoms with Gasteiger partial charge in [-0.2, -0.15) is 0 Å². The van der Waals surface area contributed by atoms with Crippen LogP contribution in [0.2, 0.25) is 0 Å². The molecule has 0 aliphatic carbocycles. The van der Waals surface area contributed by atoms with E-state index in [0.29, 0.717) is 26.3 Å². The SMILES string of the molecule is O=C(Nc1cc(-c2ccncc2)c[nH]c1=O)N1CCOCC1. The zero-order chi connectivity index (χ0) is 15.4. The number of carbonyl (C=O) groups is 1. The molecule has 0 unspecified atom stereocenters. The molecule has 1 aliphatic heterocycles. The summed E-state index contributed by atoms with van der Waals surface area (Å²) in [7, 11) is 0. The zero-order valence-electron chi connectivity index (χ0n) is 11.9. The van der Waals surface area contributed by atoms with Crippen LogP contribution in [0.5, 0.6) is 0 Å². The number of rotatable bonds is 2. The molecule has 3 rings (SSSR count). The Balaban J connectivity index is 1.81. The summed E-state index contributed by atoms with van der Waals surface area (Å²) in [4.78, 5) is 32.3. The lowest BCUT2D eigenvalue weighted by Crippen LogP contribution is -2.43. The summed E-state index contributed by atoms with van der Waals surface area (Å²) in [5, 5.41) is 2.66. The maximum Gasteiger partial charge on any atom is 0.322 e. The Bertz CT molecular complexity index is 708. The summed E-state index contributed by atoms with van der Waals surface area (Å²) in [5.74, 6) is 0. The van der Waals surface area contributed by atoms with E-state index in [-0.39, 0.29) is 17.3 Å². The number of aromatic nitrogens is 2. The Morgan fingerprint density at radius 2 is 1.95 bits per heavy atom. The number of morpholine rings is 1. The van der Waals surface area contributed by atoms with Crippen LogP contribution < -0.4 is 10.9 Å². The van der Waals surface area contributed by atoms with Gasteiger partial charge in [0.15, 0.2) is 0 Å². The lowest BCUT2D eigenvalue weighted by atomic mass is 10.1. The molecule has 2 amide bonds. The Morgan fingerprint density at radius 1 is 1.23 bits per heavy atom. The Hall–Kier alpha value is -2.67. The van der Waals surface area contributed by atoms with Crippen LogP contribution in [0.4, 0.5) is 10.5 Å². The minimum absolute atomic E-state index is 0.228. The van der Waals surface area contributed by atoms with Gasteiger partial charge < -0.3 is 19.9 Å². The van der Waals surface area contributed by atoms with Gasteiger partial charge >= 0.3 is 6.03 Å². The fraction of sp³-hybridized carbons (Fsp3) is 0.267. The summed E-state index contributed by atoms with van der Waals surface area (Å²) in [6.07, 6.45) is 4.96. The van der Waals surface area contributed by atoms with Crippen molar-refractivity contribution in [2.24, 2.45) is 0 Å². The largest absolute Gasteiger partial charge is 0.378 e. The van der Waals surface area contributed by atoms with Crippen molar-refractivity contribution in [2.75, 3.05) is 31.6 Å². The van der Waals surface area contributed by atoms with Gasteiger partial charge in [0.25, 0.3) is 5.56 Å². The number of hydrogen-bond donors (Lipinski definition) is 2. The smallest absolute Gasteiger partial charge is 0.322 e. The molecule has 1 aliphatic rings. The van der Waals surface area contributed by atoms with Crippen molar-refractivity contribution < 1.29 is 9.53 Å². The Morgan fingerprint density at radius 3 is 2.68 bits per heavy atom. The molecular formula is C15H16N4O3. The van der Waals surface area contributed by atoms with E-state index in [4.69, 9.17) is 4.74 Å². The summed E-state index contributed by atoms with van der Waals surface area (Å²) >= 11 is 0. The molecule has 0 bridgehead atoms. The first-order chi connectivity index (χ1) is 10.7. The fourth-order valence-corrected chi connectivity index (χ4v) is 2.25. The van der Waals surface area contributed by atoms with Crippen molar-refractivity contribution >= 4 is 11.7 Å². The van der Waals surface area contributed by atoms with E-state index in [0.717, 1.165) is 11.1 Å². The third-order valence-electron chi connectivity index (χ3n) is 3.46. The minimum Gasteiger partial charge on any atom is -0.378 e. The van der Waals surface area contributed by atoms with Gasteiger partial charge in [-0.05, 0) is 23.8 Å². The van der Waals surface area contributed by atoms with E-state index in [2.05, 4.69) is 15.3 Å². The molecule has 3 heterocycles. The van der Waals surface area contributed by atoms with Crippen molar-refractivity contribution in [3.8, 4) is 11.1 Å². The van der Waals surface area contributed by atoms with Gasteiger partial charge in [0.05, 0.1) is 13.2 Å². The van der Waals surface area contributed by atoms with Crippen LogP contribution in [-0.4, -0.2) is 47.2 Å².